The number of hydrogen-bond acceptors (Lipinski definition) is 3. The van der Waals surface area contributed by atoms with E-state index in [2.05, 4.69) is 5.32 Å². The molecule has 0 unspecified atom stereocenters. The van der Waals surface area contributed by atoms with Crippen LogP contribution in [0.3, 0.4) is 0 Å². The Morgan fingerprint density at radius 2 is 1.28 bits per heavy atom. The molecule has 4 rings (SSSR count). The van der Waals surface area contributed by atoms with Crippen LogP contribution in [0.1, 0.15) is 10.4 Å². The Hall–Kier alpha value is -3.79. The lowest BCUT2D eigenvalue weighted by molar-refractivity contribution is 0.102. The van der Waals surface area contributed by atoms with Gasteiger partial charge in [0.2, 0.25) is 0 Å². The predicted molar refractivity (Wildman–Crippen MR) is 116 cm³/mol. The van der Waals surface area contributed by atoms with Gasteiger partial charge in [-0.3, -0.25) is 4.79 Å². The van der Waals surface area contributed by atoms with E-state index in [9.17, 15) is 4.79 Å². The normalized spacial score (nSPS) is 10.5. The molecule has 0 fully saturated rings. The standard InChI is InChI=1S/C25H21NO3/c27-25(26-24-12-6-8-19-7-4-5-11-23(19)24)20-13-15-22(16-14-20)29-18-17-28-21-9-2-1-3-10-21/h1-16H,17-18H2,(H,26,27). The van der Waals surface area contributed by atoms with Crippen molar-refractivity contribution in [3.05, 3.63) is 103 Å². The van der Waals surface area contributed by atoms with Gasteiger partial charge < -0.3 is 14.8 Å². The van der Waals surface area contributed by atoms with Crippen molar-refractivity contribution >= 4 is 22.4 Å². The maximum absolute atomic E-state index is 12.6. The number of carbonyl (C=O) groups is 1. The fraction of sp³-hybridized carbons (Fsp3) is 0.0800. The molecule has 144 valence electrons. The Kier molecular flexibility index (Phi) is 5.72. The zero-order chi connectivity index (χ0) is 19.9. The van der Waals surface area contributed by atoms with Crippen molar-refractivity contribution in [3.8, 4) is 11.5 Å². The number of fused-ring (bicyclic) bond motifs is 1. The molecule has 0 radical (unpaired) electrons. The summed E-state index contributed by atoms with van der Waals surface area (Å²) < 4.78 is 11.3. The van der Waals surface area contributed by atoms with E-state index in [0.29, 0.717) is 24.5 Å². The highest BCUT2D eigenvalue weighted by Crippen LogP contribution is 2.23. The Bertz CT molecular complexity index is 1090. The lowest BCUT2D eigenvalue weighted by atomic mass is 10.1. The number of carbonyl (C=O) groups excluding carboxylic acids is 1. The molecule has 0 aromatic heterocycles. The molecule has 0 atom stereocenters. The largest absolute Gasteiger partial charge is 0.490 e. The minimum Gasteiger partial charge on any atom is -0.490 e. The molecule has 0 bridgehead atoms. The highest BCUT2D eigenvalue weighted by Gasteiger charge is 2.08. The molecule has 4 aromatic rings. The van der Waals surface area contributed by atoms with Crippen LogP contribution in [0.25, 0.3) is 10.8 Å². The molecule has 29 heavy (non-hydrogen) atoms. The fourth-order valence-electron chi connectivity index (χ4n) is 3.07. The molecule has 0 aliphatic rings. The van der Waals surface area contributed by atoms with E-state index in [4.69, 9.17) is 9.47 Å². The fourth-order valence-corrected chi connectivity index (χ4v) is 3.07. The number of hydrogen-bond donors (Lipinski definition) is 1. The number of ether oxygens (including phenoxy) is 2. The third kappa shape index (κ3) is 4.74. The van der Waals surface area contributed by atoms with Gasteiger partial charge in [0, 0.05) is 16.6 Å². The number of nitrogens with one attached hydrogen (secondary N) is 1. The van der Waals surface area contributed by atoms with Crippen LogP contribution >= 0.6 is 0 Å². The summed E-state index contributed by atoms with van der Waals surface area (Å²) in [5, 5.41) is 5.10. The van der Waals surface area contributed by atoms with Gasteiger partial charge in [0.15, 0.2) is 0 Å². The van der Waals surface area contributed by atoms with Gasteiger partial charge in [-0.25, -0.2) is 0 Å². The van der Waals surface area contributed by atoms with Crippen LogP contribution in [0.4, 0.5) is 5.69 Å². The average molecular weight is 383 g/mol. The Morgan fingerprint density at radius 1 is 0.655 bits per heavy atom. The van der Waals surface area contributed by atoms with Gasteiger partial charge in [-0.15, -0.1) is 0 Å². The first-order valence-corrected chi connectivity index (χ1v) is 9.49. The number of rotatable bonds is 7. The second kappa shape index (κ2) is 8.93. The van der Waals surface area contributed by atoms with Crippen molar-refractivity contribution in [2.45, 2.75) is 0 Å². The average Bonchev–Trinajstić information content (AvgIpc) is 2.78. The summed E-state index contributed by atoms with van der Waals surface area (Å²) >= 11 is 0. The van der Waals surface area contributed by atoms with Gasteiger partial charge in [-0.2, -0.15) is 0 Å². The summed E-state index contributed by atoms with van der Waals surface area (Å²) in [6, 6.07) is 30.6. The van der Waals surface area contributed by atoms with E-state index in [1.807, 2.05) is 72.8 Å². The molecule has 0 aliphatic carbocycles. The first-order chi connectivity index (χ1) is 14.3. The Labute approximate surface area is 169 Å². The van der Waals surface area contributed by atoms with E-state index < -0.39 is 0 Å². The van der Waals surface area contributed by atoms with Gasteiger partial charge in [-0.1, -0.05) is 54.6 Å². The van der Waals surface area contributed by atoms with Gasteiger partial charge in [0.1, 0.15) is 24.7 Å². The molecule has 1 amide bonds. The van der Waals surface area contributed by atoms with Gasteiger partial charge >= 0.3 is 0 Å². The number of amides is 1. The number of para-hydroxylation sites is 1. The van der Waals surface area contributed by atoms with Crippen molar-refractivity contribution in [1.82, 2.24) is 0 Å². The summed E-state index contributed by atoms with van der Waals surface area (Å²) in [5.41, 5.74) is 1.37. The molecule has 0 spiro atoms. The summed E-state index contributed by atoms with van der Waals surface area (Å²) in [6.07, 6.45) is 0. The van der Waals surface area contributed by atoms with Crippen LogP contribution in [0.2, 0.25) is 0 Å². The van der Waals surface area contributed by atoms with E-state index in [0.717, 1.165) is 22.2 Å². The van der Waals surface area contributed by atoms with Gasteiger partial charge in [-0.05, 0) is 47.9 Å². The van der Waals surface area contributed by atoms with Crippen LogP contribution in [0.15, 0.2) is 97.1 Å². The van der Waals surface area contributed by atoms with Crippen molar-refractivity contribution < 1.29 is 14.3 Å². The molecular weight excluding hydrogens is 362 g/mol. The molecule has 0 saturated heterocycles. The summed E-state index contributed by atoms with van der Waals surface area (Å²) in [6.45, 7) is 0.879. The second-order valence-electron chi connectivity index (χ2n) is 6.52. The quantitative estimate of drug-likeness (QED) is 0.426. The zero-order valence-corrected chi connectivity index (χ0v) is 15.9. The number of benzene rings is 4. The topological polar surface area (TPSA) is 47.6 Å². The second-order valence-corrected chi connectivity index (χ2v) is 6.52. The smallest absolute Gasteiger partial charge is 0.255 e. The molecule has 4 aromatic carbocycles. The van der Waals surface area contributed by atoms with Crippen molar-refractivity contribution in [2.24, 2.45) is 0 Å². The summed E-state index contributed by atoms with van der Waals surface area (Å²) in [7, 11) is 0. The molecule has 1 N–H and O–H groups in total. The predicted octanol–water partition coefficient (Wildman–Crippen LogP) is 5.55. The lowest BCUT2D eigenvalue weighted by Gasteiger charge is -2.10. The molecule has 0 saturated carbocycles. The SMILES string of the molecule is O=C(Nc1cccc2ccccc12)c1ccc(OCCOc2ccccc2)cc1. The van der Waals surface area contributed by atoms with Crippen molar-refractivity contribution in [2.75, 3.05) is 18.5 Å². The minimum atomic E-state index is -0.152. The third-order valence-corrected chi connectivity index (χ3v) is 4.52. The molecule has 4 nitrogen and oxygen atoms in total. The van der Waals surface area contributed by atoms with Crippen LogP contribution in [0.5, 0.6) is 11.5 Å². The zero-order valence-electron chi connectivity index (χ0n) is 15.9. The molecule has 0 heterocycles. The van der Waals surface area contributed by atoms with E-state index in [1.54, 1.807) is 24.3 Å². The van der Waals surface area contributed by atoms with E-state index >= 15 is 0 Å². The molecular formula is C25H21NO3. The summed E-state index contributed by atoms with van der Waals surface area (Å²) in [5.74, 6) is 1.36. The molecule has 0 aliphatic heterocycles. The maximum Gasteiger partial charge on any atom is 0.255 e. The van der Waals surface area contributed by atoms with E-state index in [-0.39, 0.29) is 5.91 Å². The highest BCUT2D eigenvalue weighted by molar-refractivity contribution is 6.09. The summed E-state index contributed by atoms with van der Waals surface area (Å²) in [4.78, 5) is 12.6. The molecule has 4 heteroatoms. The third-order valence-electron chi connectivity index (χ3n) is 4.52. The van der Waals surface area contributed by atoms with Gasteiger partial charge in [0.05, 0.1) is 0 Å². The van der Waals surface area contributed by atoms with Crippen molar-refractivity contribution in [3.63, 3.8) is 0 Å². The van der Waals surface area contributed by atoms with Crippen LogP contribution < -0.4 is 14.8 Å². The maximum atomic E-state index is 12.6. The van der Waals surface area contributed by atoms with Crippen LogP contribution in [0, 0.1) is 0 Å². The first-order valence-electron chi connectivity index (χ1n) is 9.49. The van der Waals surface area contributed by atoms with Crippen molar-refractivity contribution in [1.29, 1.82) is 0 Å². The minimum absolute atomic E-state index is 0.152. The lowest BCUT2D eigenvalue weighted by Crippen LogP contribution is -2.12. The van der Waals surface area contributed by atoms with Crippen LogP contribution in [-0.4, -0.2) is 19.1 Å². The Balaban J connectivity index is 1.33. The van der Waals surface area contributed by atoms with E-state index in [1.165, 1.54) is 0 Å². The Morgan fingerprint density at radius 3 is 2.03 bits per heavy atom. The van der Waals surface area contributed by atoms with Gasteiger partial charge in [0.25, 0.3) is 5.91 Å². The monoisotopic (exact) mass is 383 g/mol. The first kappa shape index (κ1) is 18.6. The number of anilines is 1. The van der Waals surface area contributed by atoms with Crippen LogP contribution in [-0.2, 0) is 0 Å². The highest BCUT2D eigenvalue weighted by atomic mass is 16.5.